The summed E-state index contributed by atoms with van der Waals surface area (Å²) in [7, 11) is 0. The molecule has 35 heavy (non-hydrogen) atoms. The maximum atomic E-state index is 12.7. The monoisotopic (exact) mass is 480 g/mol. The van der Waals surface area contributed by atoms with Crippen molar-refractivity contribution in [3.63, 3.8) is 0 Å². The number of carbonyl (C=O) groups excluding carboxylic acids is 2. The molecule has 0 heterocycles. The Balaban J connectivity index is 1.55. The summed E-state index contributed by atoms with van der Waals surface area (Å²) in [6.45, 7) is 7.22. The van der Waals surface area contributed by atoms with Crippen LogP contribution in [-0.4, -0.2) is 54.2 Å². The van der Waals surface area contributed by atoms with E-state index in [1.54, 1.807) is 4.90 Å². The van der Waals surface area contributed by atoms with Gasteiger partial charge in [-0.1, -0.05) is 62.4 Å². The van der Waals surface area contributed by atoms with Crippen molar-refractivity contribution < 1.29 is 24.2 Å². The highest BCUT2D eigenvalue weighted by atomic mass is 16.5. The van der Waals surface area contributed by atoms with Crippen molar-refractivity contribution in [1.82, 2.24) is 10.2 Å². The molecule has 188 valence electrons. The van der Waals surface area contributed by atoms with Crippen molar-refractivity contribution in [2.75, 3.05) is 26.2 Å². The predicted molar refractivity (Wildman–Crippen MR) is 135 cm³/mol. The Morgan fingerprint density at radius 2 is 1.63 bits per heavy atom. The summed E-state index contributed by atoms with van der Waals surface area (Å²) >= 11 is 0. The van der Waals surface area contributed by atoms with Crippen LogP contribution in [0.2, 0.25) is 0 Å². The van der Waals surface area contributed by atoms with Gasteiger partial charge in [0.1, 0.15) is 6.61 Å². The molecular weight excluding hydrogens is 444 g/mol. The lowest BCUT2D eigenvalue weighted by molar-refractivity contribution is -0.138. The first-order valence-corrected chi connectivity index (χ1v) is 12.4. The Morgan fingerprint density at radius 3 is 2.17 bits per heavy atom. The lowest BCUT2D eigenvalue weighted by Crippen LogP contribution is -2.37. The normalized spacial score (nSPS) is 13.1. The van der Waals surface area contributed by atoms with E-state index in [2.05, 4.69) is 43.4 Å². The van der Waals surface area contributed by atoms with E-state index in [0.29, 0.717) is 19.0 Å². The molecule has 1 atom stereocenters. The van der Waals surface area contributed by atoms with E-state index in [1.807, 2.05) is 31.2 Å². The number of rotatable bonds is 12. The highest BCUT2D eigenvalue weighted by Gasteiger charge is 2.29. The van der Waals surface area contributed by atoms with Crippen molar-refractivity contribution in [2.24, 2.45) is 11.8 Å². The summed E-state index contributed by atoms with van der Waals surface area (Å²) in [5, 5.41) is 11.8. The zero-order valence-corrected chi connectivity index (χ0v) is 20.8. The molecule has 7 heteroatoms. The summed E-state index contributed by atoms with van der Waals surface area (Å²) in [5.41, 5.74) is 4.67. The number of fused-ring (bicyclic) bond motifs is 3. The maximum absolute atomic E-state index is 12.7. The van der Waals surface area contributed by atoms with Crippen molar-refractivity contribution in [3.05, 3.63) is 59.7 Å². The summed E-state index contributed by atoms with van der Waals surface area (Å²) in [4.78, 5) is 37.8. The fraction of sp³-hybridized carbons (Fsp3) is 0.464. The first-order chi connectivity index (χ1) is 16.8. The molecule has 0 bridgehead atoms. The first kappa shape index (κ1) is 26.3. The molecule has 0 radical (unpaired) electrons. The number of carboxylic acids is 1. The molecule has 0 saturated carbocycles. The summed E-state index contributed by atoms with van der Waals surface area (Å²) in [5.74, 6) is -0.720. The van der Waals surface area contributed by atoms with Gasteiger partial charge in [0, 0.05) is 32.0 Å². The van der Waals surface area contributed by atoms with Crippen LogP contribution in [0.15, 0.2) is 48.5 Å². The van der Waals surface area contributed by atoms with E-state index in [1.165, 1.54) is 11.1 Å². The second-order valence-electron chi connectivity index (χ2n) is 9.52. The van der Waals surface area contributed by atoms with Crippen LogP contribution in [0.25, 0.3) is 11.1 Å². The van der Waals surface area contributed by atoms with Gasteiger partial charge in [-0.3, -0.25) is 9.59 Å². The van der Waals surface area contributed by atoms with Crippen LogP contribution < -0.4 is 5.32 Å². The second kappa shape index (κ2) is 12.4. The minimum absolute atomic E-state index is 0.00598. The molecule has 0 aromatic heterocycles. The van der Waals surface area contributed by atoms with Gasteiger partial charge < -0.3 is 20.1 Å². The molecule has 3 rings (SSSR count). The molecule has 1 aliphatic rings. The van der Waals surface area contributed by atoms with Crippen molar-refractivity contribution in [1.29, 1.82) is 0 Å². The highest BCUT2D eigenvalue weighted by molar-refractivity contribution is 5.79. The molecule has 2 N–H and O–H groups in total. The van der Waals surface area contributed by atoms with Crippen LogP contribution >= 0.6 is 0 Å². The Kier molecular flexibility index (Phi) is 9.29. The number of alkyl carbamates (subject to hydrolysis) is 1. The van der Waals surface area contributed by atoms with Crippen LogP contribution in [0, 0.1) is 11.8 Å². The lowest BCUT2D eigenvalue weighted by atomic mass is 9.93. The largest absolute Gasteiger partial charge is 0.481 e. The van der Waals surface area contributed by atoms with Crippen LogP contribution in [0.5, 0.6) is 0 Å². The standard InChI is InChI=1S/C28H36N2O5/c1-4-30(14-13-27(32)33)26(31)16-20(15-19(2)3)17-29-28(34)35-18-25-23-11-7-5-9-21(23)22-10-6-8-12-24(22)25/h5-12,19-20,25H,4,13-18H2,1-3H3,(H,29,34)(H,32,33)/t20-/m0/s1. The predicted octanol–water partition coefficient (Wildman–Crippen LogP) is 4.90. The Bertz CT molecular complexity index is 990. The van der Waals surface area contributed by atoms with Gasteiger partial charge >= 0.3 is 12.1 Å². The number of benzene rings is 2. The van der Waals surface area contributed by atoms with Crippen LogP contribution in [-0.2, 0) is 14.3 Å². The van der Waals surface area contributed by atoms with Crippen molar-refractivity contribution >= 4 is 18.0 Å². The number of nitrogens with one attached hydrogen (secondary N) is 1. The van der Waals surface area contributed by atoms with E-state index < -0.39 is 12.1 Å². The van der Waals surface area contributed by atoms with Gasteiger partial charge in [-0.25, -0.2) is 4.79 Å². The molecule has 2 aromatic carbocycles. The minimum Gasteiger partial charge on any atom is -0.481 e. The molecule has 0 spiro atoms. The number of carboxylic acid groups (broad SMARTS) is 1. The number of nitrogens with zero attached hydrogens (tertiary/aromatic N) is 1. The number of hydrogen-bond acceptors (Lipinski definition) is 4. The van der Waals surface area contributed by atoms with Gasteiger partial charge in [0.05, 0.1) is 6.42 Å². The first-order valence-electron chi connectivity index (χ1n) is 12.4. The molecule has 7 nitrogen and oxygen atoms in total. The Morgan fingerprint density at radius 1 is 1.03 bits per heavy atom. The molecule has 0 aliphatic heterocycles. The van der Waals surface area contributed by atoms with E-state index in [-0.39, 0.29) is 43.7 Å². The number of amides is 2. The third-order valence-corrected chi connectivity index (χ3v) is 6.48. The van der Waals surface area contributed by atoms with Gasteiger partial charge in [-0.05, 0) is 47.4 Å². The molecule has 2 aromatic rings. The van der Waals surface area contributed by atoms with Crippen molar-refractivity contribution in [2.45, 2.75) is 46.0 Å². The molecule has 0 saturated heterocycles. The molecular formula is C28H36N2O5. The smallest absolute Gasteiger partial charge is 0.407 e. The highest BCUT2D eigenvalue weighted by Crippen LogP contribution is 2.44. The molecule has 1 aliphatic carbocycles. The third-order valence-electron chi connectivity index (χ3n) is 6.48. The van der Waals surface area contributed by atoms with E-state index in [9.17, 15) is 14.4 Å². The van der Waals surface area contributed by atoms with Crippen LogP contribution in [0.3, 0.4) is 0 Å². The topological polar surface area (TPSA) is 95.9 Å². The van der Waals surface area contributed by atoms with Gasteiger partial charge in [0.25, 0.3) is 0 Å². The Hall–Kier alpha value is -3.35. The van der Waals surface area contributed by atoms with Crippen LogP contribution in [0.4, 0.5) is 4.79 Å². The quantitative estimate of drug-likeness (QED) is 0.450. The summed E-state index contributed by atoms with van der Waals surface area (Å²) < 4.78 is 5.62. The number of hydrogen-bond donors (Lipinski definition) is 2. The summed E-state index contributed by atoms with van der Waals surface area (Å²) in [6, 6.07) is 16.4. The van der Waals surface area contributed by atoms with Crippen LogP contribution in [0.1, 0.15) is 57.1 Å². The van der Waals surface area contributed by atoms with Gasteiger partial charge in [-0.2, -0.15) is 0 Å². The SMILES string of the molecule is CCN(CCC(=O)O)C(=O)C[C@@H](CNC(=O)OCC1c2ccccc2-c2ccccc21)CC(C)C. The third kappa shape index (κ3) is 7.07. The number of ether oxygens (including phenoxy) is 1. The fourth-order valence-electron chi connectivity index (χ4n) is 4.85. The van der Waals surface area contributed by atoms with E-state index in [4.69, 9.17) is 9.84 Å². The van der Waals surface area contributed by atoms with Gasteiger partial charge in [-0.15, -0.1) is 0 Å². The lowest BCUT2D eigenvalue weighted by Gasteiger charge is -2.25. The maximum Gasteiger partial charge on any atom is 0.407 e. The number of aliphatic carboxylic acids is 1. The Labute approximate surface area is 207 Å². The zero-order chi connectivity index (χ0) is 25.4. The van der Waals surface area contributed by atoms with E-state index >= 15 is 0 Å². The molecule has 2 amide bonds. The minimum atomic E-state index is -0.924. The second-order valence-corrected chi connectivity index (χ2v) is 9.52. The molecule has 0 unspecified atom stereocenters. The summed E-state index contributed by atoms with van der Waals surface area (Å²) in [6.07, 6.45) is 0.458. The van der Waals surface area contributed by atoms with Gasteiger partial charge in [0.15, 0.2) is 0 Å². The van der Waals surface area contributed by atoms with Crippen molar-refractivity contribution in [3.8, 4) is 11.1 Å². The average Bonchev–Trinajstić information content (AvgIpc) is 3.15. The van der Waals surface area contributed by atoms with E-state index in [0.717, 1.165) is 17.5 Å². The van der Waals surface area contributed by atoms with Gasteiger partial charge in [0.2, 0.25) is 5.91 Å². The average molecular weight is 481 g/mol. The number of carbonyl (C=O) groups is 3. The zero-order valence-electron chi connectivity index (χ0n) is 20.8. The molecule has 0 fully saturated rings. The fourth-order valence-corrected chi connectivity index (χ4v) is 4.85.